The van der Waals surface area contributed by atoms with E-state index in [9.17, 15) is 14.4 Å². The Labute approximate surface area is 296 Å². The first kappa shape index (κ1) is 45.7. The number of carbonyl (C=O) groups excluding carboxylic acids is 3. The highest BCUT2D eigenvalue weighted by Gasteiger charge is 2.22. The zero-order valence-corrected chi connectivity index (χ0v) is 32.2. The first-order chi connectivity index (χ1) is 22.9. The average molecular weight is 687 g/mol. The highest BCUT2D eigenvalue weighted by atomic mass is 35.5. The van der Waals surface area contributed by atoms with Gasteiger partial charge in [-0.3, -0.25) is 14.4 Å². The number of ether oxygens (including phenoxy) is 2. The lowest BCUT2D eigenvalue weighted by molar-refractivity contribution is -0.152. The Morgan fingerprint density at radius 2 is 0.809 bits per heavy atom. The van der Waals surface area contributed by atoms with E-state index < -0.39 is 0 Å². The summed E-state index contributed by atoms with van der Waals surface area (Å²) in [7, 11) is 0. The summed E-state index contributed by atoms with van der Waals surface area (Å²) in [4.78, 5) is 41.0. The second kappa shape index (κ2) is 34.6. The van der Waals surface area contributed by atoms with E-state index in [0.29, 0.717) is 31.8 Å². The van der Waals surface area contributed by atoms with Crippen LogP contribution in [0.1, 0.15) is 195 Å². The molecule has 0 aliphatic carbocycles. The van der Waals surface area contributed by atoms with Gasteiger partial charge in [-0.2, -0.15) is 0 Å². The Kier molecular flexibility index (Phi) is 33.6. The fraction of sp³-hybridized carbons (Fsp3) is 0.925. The predicted octanol–water partition coefficient (Wildman–Crippen LogP) is 11.6. The second-order valence-corrected chi connectivity index (χ2v) is 14.1. The van der Waals surface area contributed by atoms with E-state index in [-0.39, 0.29) is 42.9 Å². The van der Waals surface area contributed by atoms with Crippen LogP contribution in [0.4, 0.5) is 0 Å². The van der Waals surface area contributed by atoms with Crippen molar-refractivity contribution in [3.05, 3.63) is 0 Å². The molecule has 0 aliphatic heterocycles. The monoisotopic (exact) mass is 686 g/mol. The van der Waals surface area contributed by atoms with Gasteiger partial charge in [0, 0.05) is 12.3 Å². The van der Waals surface area contributed by atoms with Crippen molar-refractivity contribution in [3.8, 4) is 0 Å². The third-order valence-corrected chi connectivity index (χ3v) is 9.65. The fourth-order valence-corrected chi connectivity index (χ4v) is 6.36. The molecule has 0 aromatic heterocycles. The van der Waals surface area contributed by atoms with Crippen molar-refractivity contribution in [2.75, 3.05) is 32.2 Å². The SMILES string of the molecule is CCCCCCCCC(CCCCCC)C(=O)OCCN(CCOC(=O)C(CCCCCC)CCCCCCCC)C(=O)CCCCl. The normalized spacial score (nSPS) is 12.5. The van der Waals surface area contributed by atoms with Crippen LogP contribution in [-0.2, 0) is 23.9 Å². The van der Waals surface area contributed by atoms with Gasteiger partial charge in [-0.1, -0.05) is 156 Å². The van der Waals surface area contributed by atoms with E-state index in [1.54, 1.807) is 4.90 Å². The second-order valence-electron chi connectivity index (χ2n) is 13.7. The highest BCUT2D eigenvalue weighted by Crippen LogP contribution is 2.22. The van der Waals surface area contributed by atoms with Crippen LogP contribution in [0.5, 0.6) is 0 Å². The molecule has 0 saturated heterocycles. The van der Waals surface area contributed by atoms with Gasteiger partial charge >= 0.3 is 11.9 Å². The minimum atomic E-state index is -0.129. The molecule has 278 valence electrons. The molecule has 2 unspecified atom stereocenters. The summed E-state index contributed by atoms with van der Waals surface area (Å²) in [6.07, 6.45) is 28.1. The third-order valence-electron chi connectivity index (χ3n) is 9.38. The minimum Gasteiger partial charge on any atom is -0.464 e. The standard InChI is InChI=1S/C40H76ClNO5/c1-5-9-13-17-19-23-28-36(26-21-15-11-7-3)39(44)46-34-32-42(38(43)30-25-31-41)33-35-47-40(45)37(27-22-16-12-8-4)29-24-20-18-14-10-6-2/h36-37H,5-35H2,1-4H3. The topological polar surface area (TPSA) is 72.9 Å². The number of hydrogen-bond donors (Lipinski definition) is 0. The van der Waals surface area contributed by atoms with Crippen LogP contribution in [0.3, 0.4) is 0 Å². The smallest absolute Gasteiger partial charge is 0.308 e. The van der Waals surface area contributed by atoms with Crippen molar-refractivity contribution in [1.29, 1.82) is 0 Å². The molecule has 1 amide bonds. The molecule has 0 N–H and O–H groups in total. The van der Waals surface area contributed by atoms with Crippen molar-refractivity contribution < 1.29 is 23.9 Å². The van der Waals surface area contributed by atoms with Gasteiger partial charge in [0.2, 0.25) is 5.91 Å². The quantitative estimate of drug-likeness (QED) is 0.0377. The van der Waals surface area contributed by atoms with Crippen LogP contribution in [0.15, 0.2) is 0 Å². The molecule has 0 aromatic carbocycles. The zero-order chi connectivity index (χ0) is 34.8. The van der Waals surface area contributed by atoms with E-state index in [1.807, 2.05) is 0 Å². The summed E-state index contributed by atoms with van der Waals surface area (Å²) in [5, 5.41) is 0. The van der Waals surface area contributed by atoms with Crippen LogP contribution < -0.4 is 0 Å². The molecule has 0 fully saturated rings. The number of halogens is 1. The molecule has 0 aromatic rings. The van der Waals surface area contributed by atoms with E-state index >= 15 is 0 Å². The molecule has 0 spiro atoms. The average Bonchev–Trinajstić information content (AvgIpc) is 3.07. The number of hydrogen-bond acceptors (Lipinski definition) is 5. The molecule has 0 bridgehead atoms. The van der Waals surface area contributed by atoms with Crippen LogP contribution in [0.2, 0.25) is 0 Å². The van der Waals surface area contributed by atoms with Crippen molar-refractivity contribution in [2.45, 2.75) is 195 Å². The first-order valence-corrected chi connectivity index (χ1v) is 20.6. The van der Waals surface area contributed by atoms with Crippen LogP contribution in [-0.4, -0.2) is 54.9 Å². The van der Waals surface area contributed by atoms with E-state index in [1.165, 1.54) is 89.9 Å². The Morgan fingerprint density at radius 3 is 1.15 bits per heavy atom. The lowest BCUT2D eigenvalue weighted by Crippen LogP contribution is -2.38. The largest absolute Gasteiger partial charge is 0.464 e. The number of nitrogens with zero attached hydrogens (tertiary/aromatic N) is 1. The maximum Gasteiger partial charge on any atom is 0.308 e. The maximum absolute atomic E-state index is 13.1. The highest BCUT2D eigenvalue weighted by molar-refractivity contribution is 6.17. The molecule has 0 heterocycles. The van der Waals surface area contributed by atoms with Crippen LogP contribution in [0, 0.1) is 11.8 Å². The third kappa shape index (κ3) is 27.2. The maximum atomic E-state index is 13.1. The molecule has 7 heteroatoms. The lowest BCUT2D eigenvalue weighted by atomic mass is 9.94. The first-order valence-electron chi connectivity index (χ1n) is 20.1. The molecule has 0 radical (unpaired) electrons. The molecular formula is C40H76ClNO5. The summed E-state index contributed by atoms with van der Waals surface area (Å²) in [6.45, 7) is 9.80. The fourth-order valence-electron chi connectivity index (χ4n) is 6.22. The van der Waals surface area contributed by atoms with Crippen molar-refractivity contribution in [2.24, 2.45) is 11.8 Å². The van der Waals surface area contributed by atoms with Crippen LogP contribution >= 0.6 is 11.6 Å². The number of alkyl halides is 1. The van der Waals surface area contributed by atoms with Crippen molar-refractivity contribution in [1.82, 2.24) is 4.90 Å². The van der Waals surface area contributed by atoms with Gasteiger partial charge in [0.15, 0.2) is 0 Å². The summed E-state index contributed by atoms with van der Waals surface area (Å²) < 4.78 is 11.6. The molecule has 0 rings (SSSR count). The van der Waals surface area contributed by atoms with Gasteiger partial charge in [-0.25, -0.2) is 0 Å². The summed E-state index contributed by atoms with van der Waals surface area (Å²) in [6, 6.07) is 0. The summed E-state index contributed by atoms with van der Waals surface area (Å²) >= 11 is 5.88. The van der Waals surface area contributed by atoms with Gasteiger partial charge in [-0.05, 0) is 32.1 Å². The van der Waals surface area contributed by atoms with E-state index in [4.69, 9.17) is 21.1 Å². The van der Waals surface area contributed by atoms with Gasteiger partial charge in [0.1, 0.15) is 13.2 Å². The minimum absolute atomic E-state index is 0.0378. The summed E-state index contributed by atoms with van der Waals surface area (Å²) in [5.74, 6) is -0.0185. The zero-order valence-electron chi connectivity index (χ0n) is 31.4. The Bertz CT molecular complexity index is 683. The Morgan fingerprint density at radius 1 is 0.489 bits per heavy atom. The molecule has 47 heavy (non-hydrogen) atoms. The molecule has 2 atom stereocenters. The van der Waals surface area contributed by atoms with E-state index in [0.717, 1.165) is 64.2 Å². The number of unbranched alkanes of at least 4 members (excludes halogenated alkanes) is 16. The number of amides is 1. The molecule has 0 saturated carbocycles. The number of esters is 2. The molecular weight excluding hydrogens is 610 g/mol. The van der Waals surface area contributed by atoms with Crippen molar-refractivity contribution in [3.63, 3.8) is 0 Å². The Balaban J connectivity index is 5.01. The van der Waals surface area contributed by atoms with Gasteiger partial charge in [0.25, 0.3) is 0 Å². The number of rotatable bonds is 35. The summed E-state index contributed by atoms with van der Waals surface area (Å²) in [5.41, 5.74) is 0. The molecule has 0 aliphatic rings. The predicted molar refractivity (Wildman–Crippen MR) is 199 cm³/mol. The Hall–Kier alpha value is -1.30. The molecule has 6 nitrogen and oxygen atoms in total. The van der Waals surface area contributed by atoms with Gasteiger partial charge in [-0.15, -0.1) is 11.6 Å². The van der Waals surface area contributed by atoms with Crippen LogP contribution in [0.25, 0.3) is 0 Å². The van der Waals surface area contributed by atoms with Crippen molar-refractivity contribution >= 4 is 29.4 Å². The van der Waals surface area contributed by atoms with E-state index in [2.05, 4.69) is 27.7 Å². The lowest BCUT2D eigenvalue weighted by Gasteiger charge is -2.24. The van der Waals surface area contributed by atoms with Gasteiger partial charge < -0.3 is 14.4 Å². The van der Waals surface area contributed by atoms with Gasteiger partial charge in [0.05, 0.1) is 24.9 Å². The number of carbonyl (C=O) groups is 3.